The SMILES string of the molecule is CC(C)CCCOc1cnc(CNC2CC2)cn1. The third-order valence-electron chi connectivity index (χ3n) is 3.01. The molecule has 0 amide bonds. The average Bonchev–Trinajstić information content (AvgIpc) is 3.17. The second-order valence-corrected chi connectivity index (χ2v) is 5.39. The Kier molecular flexibility index (Phi) is 4.93. The van der Waals surface area contributed by atoms with Crippen molar-refractivity contribution in [2.24, 2.45) is 5.92 Å². The van der Waals surface area contributed by atoms with Crippen LogP contribution in [-0.4, -0.2) is 22.6 Å². The normalized spacial score (nSPS) is 15.1. The molecule has 0 atom stereocenters. The van der Waals surface area contributed by atoms with Gasteiger partial charge in [-0.25, -0.2) is 4.98 Å². The molecule has 1 aliphatic carbocycles. The molecule has 1 fully saturated rings. The number of ether oxygens (including phenoxy) is 1. The predicted molar refractivity (Wildman–Crippen MR) is 71.5 cm³/mol. The van der Waals surface area contributed by atoms with E-state index in [-0.39, 0.29) is 0 Å². The molecule has 100 valence electrons. The minimum Gasteiger partial charge on any atom is -0.477 e. The van der Waals surface area contributed by atoms with E-state index in [9.17, 15) is 0 Å². The van der Waals surface area contributed by atoms with Crippen LogP contribution in [0.25, 0.3) is 0 Å². The Hall–Kier alpha value is -1.16. The lowest BCUT2D eigenvalue weighted by Crippen LogP contribution is -2.16. The topological polar surface area (TPSA) is 47.0 Å². The summed E-state index contributed by atoms with van der Waals surface area (Å²) in [6, 6.07) is 0.707. The van der Waals surface area contributed by atoms with Crippen LogP contribution >= 0.6 is 0 Å². The van der Waals surface area contributed by atoms with Crippen molar-refractivity contribution in [1.29, 1.82) is 0 Å². The minimum atomic E-state index is 0.633. The molecule has 1 aromatic rings. The highest BCUT2D eigenvalue weighted by atomic mass is 16.5. The van der Waals surface area contributed by atoms with E-state index in [2.05, 4.69) is 29.1 Å². The van der Waals surface area contributed by atoms with Crippen molar-refractivity contribution in [3.63, 3.8) is 0 Å². The van der Waals surface area contributed by atoms with E-state index in [1.807, 2.05) is 0 Å². The standard InChI is InChI=1S/C14H23N3O/c1-11(2)4-3-7-18-14-10-16-13(9-17-14)8-15-12-5-6-12/h9-12,15H,3-8H2,1-2H3. The third-order valence-corrected chi connectivity index (χ3v) is 3.01. The molecule has 1 saturated carbocycles. The molecule has 1 heterocycles. The summed E-state index contributed by atoms with van der Waals surface area (Å²) >= 11 is 0. The van der Waals surface area contributed by atoms with Gasteiger partial charge in [-0.15, -0.1) is 0 Å². The maximum absolute atomic E-state index is 5.56. The summed E-state index contributed by atoms with van der Waals surface area (Å²) in [5.41, 5.74) is 0.983. The number of rotatable bonds is 8. The summed E-state index contributed by atoms with van der Waals surface area (Å²) in [4.78, 5) is 8.61. The van der Waals surface area contributed by atoms with E-state index in [0.717, 1.165) is 31.2 Å². The lowest BCUT2D eigenvalue weighted by atomic mass is 10.1. The number of aromatic nitrogens is 2. The summed E-state index contributed by atoms with van der Waals surface area (Å²) in [7, 11) is 0. The van der Waals surface area contributed by atoms with Crippen LogP contribution < -0.4 is 10.1 Å². The van der Waals surface area contributed by atoms with Gasteiger partial charge in [-0.3, -0.25) is 4.98 Å². The van der Waals surface area contributed by atoms with Gasteiger partial charge in [0.2, 0.25) is 5.88 Å². The van der Waals surface area contributed by atoms with E-state index in [4.69, 9.17) is 4.74 Å². The van der Waals surface area contributed by atoms with E-state index >= 15 is 0 Å². The van der Waals surface area contributed by atoms with Crippen LogP contribution in [0.1, 0.15) is 45.2 Å². The van der Waals surface area contributed by atoms with Crippen molar-refractivity contribution in [2.75, 3.05) is 6.61 Å². The molecule has 0 aromatic carbocycles. The maximum Gasteiger partial charge on any atom is 0.232 e. The van der Waals surface area contributed by atoms with Gasteiger partial charge in [0.15, 0.2) is 0 Å². The van der Waals surface area contributed by atoms with Crippen LogP contribution in [0.15, 0.2) is 12.4 Å². The first-order valence-corrected chi connectivity index (χ1v) is 6.91. The van der Waals surface area contributed by atoms with Gasteiger partial charge in [0.25, 0.3) is 0 Å². The molecule has 2 rings (SSSR count). The molecular weight excluding hydrogens is 226 g/mol. The summed E-state index contributed by atoms with van der Waals surface area (Å²) in [6.07, 6.45) is 8.38. The second-order valence-electron chi connectivity index (χ2n) is 5.39. The fourth-order valence-corrected chi connectivity index (χ4v) is 1.71. The quantitative estimate of drug-likeness (QED) is 0.719. The number of nitrogens with one attached hydrogen (secondary N) is 1. The Morgan fingerprint density at radius 2 is 2.17 bits per heavy atom. The molecule has 0 aliphatic heterocycles. The molecule has 0 saturated heterocycles. The van der Waals surface area contributed by atoms with Crippen LogP contribution in [0, 0.1) is 5.92 Å². The van der Waals surface area contributed by atoms with Crippen molar-refractivity contribution in [2.45, 2.75) is 52.1 Å². The van der Waals surface area contributed by atoms with Gasteiger partial charge in [0, 0.05) is 12.6 Å². The zero-order chi connectivity index (χ0) is 12.8. The van der Waals surface area contributed by atoms with Gasteiger partial charge in [0.05, 0.1) is 24.7 Å². The Morgan fingerprint density at radius 3 is 2.78 bits per heavy atom. The fourth-order valence-electron chi connectivity index (χ4n) is 1.71. The molecule has 4 nitrogen and oxygen atoms in total. The van der Waals surface area contributed by atoms with Gasteiger partial charge >= 0.3 is 0 Å². The lowest BCUT2D eigenvalue weighted by Gasteiger charge is -2.07. The molecule has 0 unspecified atom stereocenters. The van der Waals surface area contributed by atoms with Gasteiger partial charge < -0.3 is 10.1 Å². The first-order valence-electron chi connectivity index (χ1n) is 6.91. The van der Waals surface area contributed by atoms with E-state index in [1.54, 1.807) is 12.4 Å². The molecule has 0 spiro atoms. The summed E-state index contributed by atoms with van der Waals surface area (Å²) < 4.78 is 5.56. The van der Waals surface area contributed by atoms with Crippen molar-refractivity contribution >= 4 is 0 Å². The minimum absolute atomic E-state index is 0.633. The largest absolute Gasteiger partial charge is 0.477 e. The molecule has 0 radical (unpaired) electrons. The molecule has 1 aromatic heterocycles. The van der Waals surface area contributed by atoms with Crippen LogP contribution in [0.2, 0.25) is 0 Å². The van der Waals surface area contributed by atoms with Crippen molar-refractivity contribution in [3.05, 3.63) is 18.1 Å². The highest BCUT2D eigenvalue weighted by Gasteiger charge is 2.20. The van der Waals surface area contributed by atoms with E-state index in [0.29, 0.717) is 11.9 Å². The third kappa shape index (κ3) is 5.00. The summed E-state index contributed by atoms with van der Waals surface area (Å²) in [6.45, 7) is 5.99. The monoisotopic (exact) mass is 249 g/mol. The van der Waals surface area contributed by atoms with Gasteiger partial charge in [-0.05, 0) is 31.6 Å². The van der Waals surface area contributed by atoms with Gasteiger partial charge in [0.1, 0.15) is 0 Å². The van der Waals surface area contributed by atoms with E-state index in [1.165, 1.54) is 19.3 Å². The van der Waals surface area contributed by atoms with Gasteiger partial charge in [-0.1, -0.05) is 13.8 Å². The zero-order valence-electron chi connectivity index (χ0n) is 11.4. The van der Waals surface area contributed by atoms with Crippen LogP contribution in [0.3, 0.4) is 0 Å². The second kappa shape index (κ2) is 6.69. The first-order chi connectivity index (χ1) is 8.74. The number of hydrogen-bond donors (Lipinski definition) is 1. The van der Waals surface area contributed by atoms with Crippen molar-refractivity contribution in [1.82, 2.24) is 15.3 Å². The smallest absolute Gasteiger partial charge is 0.232 e. The highest BCUT2D eigenvalue weighted by Crippen LogP contribution is 2.19. The summed E-state index contributed by atoms with van der Waals surface area (Å²) in [5.74, 6) is 1.37. The molecule has 4 heteroatoms. The summed E-state index contributed by atoms with van der Waals surface area (Å²) in [5, 5.41) is 3.41. The Bertz CT molecular complexity index is 347. The lowest BCUT2D eigenvalue weighted by molar-refractivity contribution is 0.285. The first kappa shape index (κ1) is 13.3. The zero-order valence-corrected chi connectivity index (χ0v) is 11.4. The predicted octanol–water partition coefficient (Wildman–Crippen LogP) is 2.54. The number of nitrogens with zero attached hydrogens (tertiary/aromatic N) is 2. The van der Waals surface area contributed by atoms with Gasteiger partial charge in [-0.2, -0.15) is 0 Å². The van der Waals surface area contributed by atoms with E-state index < -0.39 is 0 Å². The number of hydrogen-bond acceptors (Lipinski definition) is 4. The van der Waals surface area contributed by atoms with Crippen molar-refractivity contribution in [3.8, 4) is 5.88 Å². The highest BCUT2D eigenvalue weighted by molar-refractivity contribution is 5.07. The Morgan fingerprint density at radius 1 is 1.33 bits per heavy atom. The fraction of sp³-hybridized carbons (Fsp3) is 0.714. The van der Waals surface area contributed by atoms with Crippen LogP contribution in [-0.2, 0) is 6.54 Å². The Labute approximate surface area is 109 Å². The molecule has 0 bridgehead atoms. The molecule has 1 aliphatic rings. The van der Waals surface area contributed by atoms with Crippen LogP contribution in [0.4, 0.5) is 0 Å². The Balaban J connectivity index is 1.66. The van der Waals surface area contributed by atoms with Crippen LogP contribution in [0.5, 0.6) is 5.88 Å². The molecule has 18 heavy (non-hydrogen) atoms. The molecular formula is C14H23N3O. The average molecular weight is 249 g/mol. The molecule has 1 N–H and O–H groups in total. The van der Waals surface area contributed by atoms with Crippen molar-refractivity contribution < 1.29 is 4.74 Å². The maximum atomic E-state index is 5.56.